The Morgan fingerprint density at radius 2 is 0.833 bits per heavy atom. The fraction of sp³-hybridized carbons (Fsp3) is 0.920. The van der Waals surface area contributed by atoms with E-state index in [1.807, 2.05) is 0 Å². The van der Waals surface area contributed by atoms with E-state index in [9.17, 15) is 40.9 Å². The minimum atomic E-state index is -1.53. The molecule has 0 aromatic carbocycles. The summed E-state index contributed by atoms with van der Waals surface area (Å²) in [5.41, 5.74) is 0. The summed E-state index contributed by atoms with van der Waals surface area (Å²) < 4.78 is 43.5. The van der Waals surface area contributed by atoms with Crippen molar-refractivity contribution in [2.75, 3.05) is 33.0 Å². The maximum atomic E-state index is 10.4. The molecule has 16 atom stereocenters. The van der Waals surface area contributed by atoms with E-state index < -0.39 is 112 Å². The number of rotatable bonds is 15. The van der Waals surface area contributed by atoms with Crippen LogP contribution in [0.4, 0.5) is 0 Å². The molecule has 0 radical (unpaired) electrons. The molecule has 4 aliphatic heterocycles. The summed E-state index contributed by atoms with van der Waals surface area (Å²) >= 11 is 0. The zero-order valence-corrected chi connectivity index (χ0v) is 22.8. The molecular weight excluding hydrogens is 572 g/mol. The Labute approximate surface area is 241 Å². The third-order valence-corrected chi connectivity index (χ3v) is 7.56. The highest BCUT2D eigenvalue weighted by atomic mass is 16.8. The number of hydrogen-bond acceptors (Lipinski definition) is 17. The van der Waals surface area contributed by atoms with Crippen molar-refractivity contribution in [1.82, 2.24) is 0 Å². The van der Waals surface area contributed by atoms with Crippen LogP contribution in [0.3, 0.4) is 0 Å². The lowest BCUT2D eigenvalue weighted by molar-refractivity contribution is -0.224. The van der Waals surface area contributed by atoms with Gasteiger partial charge in [-0.05, 0) is 12.8 Å². The van der Waals surface area contributed by atoms with Crippen LogP contribution in [0.5, 0.6) is 0 Å². The first kappa shape index (κ1) is 33.9. The van der Waals surface area contributed by atoms with Crippen LogP contribution in [-0.4, -0.2) is 177 Å². The molecule has 4 saturated heterocycles. The molecule has 4 fully saturated rings. The van der Waals surface area contributed by atoms with Gasteiger partial charge in [0.15, 0.2) is 25.2 Å². The third kappa shape index (κ3) is 7.64. The summed E-state index contributed by atoms with van der Waals surface area (Å²) in [5.74, 6) is 0. The molecule has 0 aliphatic carbocycles. The average Bonchev–Trinajstić information content (AvgIpc) is 3.62. The fourth-order valence-electron chi connectivity index (χ4n) is 4.97. The summed E-state index contributed by atoms with van der Waals surface area (Å²) in [6.07, 6.45) is -17.7. The zero-order valence-electron chi connectivity index (χ0n) is 22.8. The molecule has 42 heavy (non-hydrogen) atoms. The van der Waals surface area contributed by atoms with Gasteiger partial charge in [0, 0.05) is 0 Å². The van der Waals surface area contributed by atoms with Gasteiger partial charge in [-0.25, -0.2) is 0 Å². The molecule has 17 nitrogen and oxygen atoms in total. The van der Waals surface area contributed by atoms with Crippen LogP contribution in [0.25, 0.3) is 0 Å². The number of hydrogen-bond donors (Lipinski definition) is 9. The van der Waals surface area contributed by atoms with E-state index in [-0.39, 0.29) is 19.8 Å². The molecule has 0 spiro atoms. The van der Waals surface area contributed by atoms with E-state index >= 15 is 0 Å². The topological polar surface area (TPSA) is 256 Å². The van der Waals surface area contributed by atoms with Crippen molar-refractivity contribution in [3.8, 4) is 0 Å². The van der Waals surface area contributed by atoms with Gasteiger partial charge in [0.2, 0.25) is 0 Å². The van der Waals surface area contributed by atoms with Gasteiger partial charge in [-0.15, -0.1) is 6.58 Å². The monoisotopic (exact) mass is 614 g/mol. The lowest BCUT2D eigenvalue weighted by atomic mass is 10.1. The smallest absolute Gasteiger partial charge is 0.186 e. The van der Waals surface area contributed by atoms with Crippen LogP contribution in [0.1, 0.15) is 12.8 Å². The molecule has 0 bridgehead atoms. The molecule has 17 heteroatoms. The number of ether oxygens (including phenoxy) is 8. The summed E-state index contributed by atoms with van der Waals surface area (Å²) in [6, 6.07) is 0. The molecule has 0 aromatic heterocycles. The van der Waals surface area contributed by atoms with Gasteiger partial charge in [0.25, 0.3) is 0 Å². The van der Waals surface area contributed by atoms with Gasteiger partial charge in [0.05, 0.1) is 33.0 Å². The van der Waals surface area contributed by atoms with Crippen molar-refractivity contribution in [3.63, 3.8) is 0 Å². The van der Waals surface area contributed by atoms with Crippen molar-refractivity contribution >= 4 is 0 Å². The van der Waals surface area contributed by atoms with Crippen LogP contribution in [0.15, 0.2) is 12.7 Å². The SMILES string of the molecule is C=CCCCO[C@H]1O[C@H](CO[C@H]2O[C@H](CO[C@H]3O[C@H](CO[C@H]4O[C@H](CO)[C@@H](O)[C@@H]4O)[C@@H](O)[C@@H]3O)[C@@H](O)[C@@H]2O)[C@@H](O)[C@@H]1O. The molecule has 4 rings (SSSR count). The standard InChI is InChI=1S/C25H42O17/c1-2-3-4-5-35-22-19(32)15(28)11(40-22)7-37-24-21(34)17(30)13(42-24)9-38-25-20(33)16(29)12(41-25)8-36-23-18(31)14(27)10(6-26)39-23/h2,10-34H,1,3-9H2/t10-,11-,12-,13-,14-,15-,16-,17-,18+,19+,20+,21+,22+,23+,24+,25+/m1/s1. The second-order valence-corrected chi connectivity index (χ2v) is 10.6. The van der Waals surface area contributed by atoms with Crippen LogP contribution in [-0.2, 0) is 37.9 Å². The number of allylic oxidation sites excluding steroid dienone is 1. The fourth-order valence-corrected chi connectivity index (χ4v) is 4.97. The van der Waals surface area contributed by atoms with Crippen LogP contribution >= 0.6 is 0 Å². The average molecular weight is 615 g/mol. The summed E-state index contributed by atoms with van der Waals surface area (Å²) in [4.78, 5) is 0. The number of aliphatic hydroxyl groups is 9. The summed E-state index contributed by atoms with van der Waals surface area (Å²) in [6.45, 7) is 2.28. The summed E-state index contributed by atoms with van der Waals surface area (Å²) in [5, 5.41) is 90.8. The Bertz CT molecular complexity index is 837. The minimum absolute atomic E-state index is 0.282. The molecule has 0 aromatic rings. The van der Waals surface area contributed by atoms with Gasteiger partial charge < -0.3 is 83.9 Å². The van der Waals surface area contributed by atoms with E-state index in [0.717, 1.165) is 0 Å². The van der Waals surface area contributed by atoms with Gasteiger partial charge in [-0.3, -0.25) is 0 Å². The van der Waals surface area contributed by atoms with Gasteiger partial charge >= 0.3 is 0 Å². The molecule has 4 aliphatic rings. The molecule has 4 heterocycles. The van der Waals surface area contributed by atoms with Crippen molar-refractivity contribution < 1.29 is 83.9 Å². The van der Waals surface area contributed by atoms with Crippen molar-refractivity contribution in [1.29, 1.82) is 0 Å². The predicted octanol–water partition coefficient (Wildman–Crippen LogP) is -5.20. The highest BCUT2D eigenvalue weighted by molar-refractivity contribution is 4.92. The largest absolute Gasteiger partial charge is 0.394 e. The van der Waals surface area contributed by atoms with E-state index in [1.165, 1.54) is 0 Å². The van der Waals surface area contributed by atoms with Crippen molar-refractivity contribution in [2.24, 2.45) is 0 Å². The second kappa shape index (κ2) is 15.4. The van der Waals surface area contributed by atoms with Gasteiger partial charge in [-0.1, -0.05) is 6.08 Å². The maximum Gasteiger partial charge on any atom is 0.186 e. The first-order valence-electron chi connectivity index (χ1n) is 13.8. The Balaban J connectivity index is 1.19. The van der Waals surface area contributed by atoms with E-state index in [2.05, 4.69) is 6.58 Å². The highest BCUT2D eigenvalue weighted by Gasteiger charge is 2.50. The van der Waals surface area contributed by atoms with Crippen LogP contribution in [0.2, 0.25) is 0 Å². The molecule has 244 valence electrons. The van der Waals surface area contributed by atoms with E-state index in [0.29, 0.717) is 12.8 Å². The lowest BCUT2D eigenvalue weighted by Gasteiger charge is -2.21. The first-order valence-corrected chi connectivity index (χ1v) is 13.8. The molecule has 0 saturated carbocycles. The van der Waals surface area contributed by atoms with E-state index in [1.54, 1.807) is 6.08 Å². The lowest BCUT2D eigenvalue weighted by Crippen LogP contribution is -2.39. The molecular formula is C25H42O17. The molecule has 9 N–H and O–H groups in total. The van der Waals surface area contributed by atoms with Crippen molar-refractivity contribution in [3.05, 3.63) is 12.7 Å². The number of unbranched alkanes of at least 4 members (excludes halogenated alkanes) is 1. The zero-order chi connectivity index (χ0) is 30.6. The van der Waals surface area contributed by atoms with Gasteiger partial charge in [0.1, 0.15) is 73.2 Å². The Morgan fingerprint density at radius 1 is 0.500 bits per heavy atom. The predicted molar refractivity (Wildman–Crippen MR) is 133 cm³/mol. The Kier molecular flexibility index (Phi) is 12.4. The third-order valence-electron chi connectivity index (χ3n) is 7.56. The Hall–Kier alpha value is -0.940. The summed E-state index contributed by atoms with van der Waals surface area (Å²) in [7, 11) is 0. The second-order valence-electron chi connectivity index (χ2n) is 10.6. The highest BCUT2D eigenvalue weighted by Crippen LogP contribution is 2.29. The quantitative estimate of drug-likeness (QED) is 0.0617. The molecule has 0 amide bonds. The first-order chi connectivity index (χ1) is 20.1. The number of aliphatic hydroxyl groups excluding tert-OH is 9. The van der Waals surface area contributed by atoms with Gasteiger partial charge in [-0.2, -0.15) is 0 Å². The maximum absolute atomic E-state index is 10.4. The Morgan fingerprint density at radius 3 is 1.17 bits per heavy atom. The van der Waals surface area contributed by atoms with E-state index in [4.69, 9.17) is 43.0 Å². The van der Waals surface area contributed by atoms with Crippen LogP contribution < -0.4 is 0 Å². The van der Waals surface area contributed by atoms with Crippen molar-refractivity contribution in [2.45, 2.75) is 111 Å². The minimum Gasteiger partial charge on any atom is -0.394 e. The van der Waals surface area contributed by atoms with Crippen LogP contribution in [0, 0.1) is 0 Å². The molecule has 0 unspecified atom stereocenters. The normalized spacial score (nSPS) is 47.5.